The molecule has 0 aliphatic heterocycles. The number of pyridine rings is 1. The highest BCUT2D eigenvalue weighted by molar-refractivity contribution is 5.28. The second kappa shape index (κ2) is 6.17. The molecule has 2 aromatic rings. The van der Waals surface area contributed by atoms with Crippen LogP contribution in [0.3, 0.4) is 0 Å². The van der Waals surface area contributed by atoms with Crippen molar-refractivity contribution in [1.29, 1.82) is 0 Å². The van der Waals surface area contributed by atoms with Crippen molar-refractivity contribution >= 4 is 0 Å². The van der Waals surface area contributed by atoms with Crippen molar-refractivity contribution in [2.24, 2.45) is 0 Å². The maximum Gasteiger partial charge on any atom is 0.119 e. The Kier molecular flexibility index (Phi) is 4.31. The minimum atomic E-state index is -0.390. The van der Waals surface area contributed by atoms with Gasteiger partial charge in [-0.05, 0) is 41.8 Å². The van der Waals surface area contributed by atoms with E-state index in [1.807, 2.05) is 43.3 Å². The maximum absolute atomic E-state index is 9.68. The van der Waals surface area contributed by atoms with Gasteiger partial charge in [-0.2, -0.15) is 0 Å². The molecule has 1 heterocycles. The van der Waals surface area contributed by atoms with E-state index in [4.69, 9.17) is 4.74 Å². The molecule has 1 N–H and O–H groups in total. The SMILES string of the molecule is CC[C@H](O)c1ccc(OCc2ccncc2)cc1. The molecule has 0 aliphatic rings. The van der Waals surface area contributed by atoms with Gasteiger partial charge in [-0.3, -0.25) is 4.98 Å². The number of nitrogens with zero attached hydrogens (tertiary/aromatic N) is 1. The second-order valence-electron chi connectivity index (χ2n) is 4.14. The number of aliphatic hydroxyl groups excluding tert-OH is 1. The molecule has 1 atom stereocenters. The molecule has 0 spiro atoms. The number of aromatic nitrogens is 1. The molecule has 94 valence electrons. The van der Waals surface area contributed by atoms with Gasteiger partial charge in [0.15, 0.2) is 0 Å². The molecule has 0 radical (unpaired) electrons. The summed E-state index contributed by atoms with van der Waals surface area (Å²) in [6.07, 6.45) is 3.83. The van der Waals surface area contributed by atoms with Crippen LogP contribution < -0.4 is 4.74 Å². The molecule has 0 saturated heterocycles. The van der Waals surface area contributed by atoms with Crippen LogP contribution in [0.25, 0.3) is 0 Å². The van der Waals surface area contributed by atoms with Crippen LogP contribution in [0.2, 0.25) is 0 Å². The van der Waals surface area contributed by atoms with Gasteiger partial charge in [0, 0.05) is 12.4 Å². The third kappa shape index (κ3) is 3.31. The number of hydrogen-bond acceptors (Lipinski definition) is 3. The van der Waals surface area contributed by atoms with Crippen LogP contribution >= 0.6 is 0 Å². The number of ether oxygens (including phenoxy) is 1. The summed E-state index contributed by atoms with van der Waals surface area (Å²) in [6, 6.07) is 11.4. The van der Waals surface area contributed by atoms with Crippen LogP contribution in [0.15, 0.2) is 48.8 Å². The Morgan fingerprint density at radius 1 is 1.11 bits per heavy atom. The van der Waals surface area contributed by atoms with Crippen molar-refractivity contribution in [1.82, 2.24) is 4.98 Å². The summed E-state index contributed by atoms with van der Waals surface area (Å²) in [6.45, 7) is 2.48. The maximum atomic E-state index is 9.68. The molecule has 0 amide bonds. The van der Waals surface area contributed by atoms with E-state index in [1.54, 1.807) is 12.4 Å². The highest BCUT2D eigenvalue weighted by Crippen LogP contribution is 2.20. The van der Waals surface area contributed by atoms with Crippen molar-refractivity contribution in [2.75, 3.05) is 0 Å². The summed E-state index contributed by atoms with van der Waals surface area (Å²) in [5.41, 5.74) is 2.01. The molecule has 0 saturated carbocycles. The van der Waals surface area contributed by atoms with Crippen molar-refractivity contribution in [3.63, 3.8) is 0 Å². The lowest BCUT2D eigenvalue weighted by Gasteiger charge is -2.10. The molecule has 3 heteroatoms. The lowest BCUT2D eigenvalue weighted by Crippen LogP contribution is -1.97. The first-order valence-electron chi connectivity index (χ1n) is 6.09. The zero-order valence-corrected chi connectivity index (χ0v) is 10.4. The molecule has 0 unspecified atom stereocenters. The molecule has 1 aromatic carbocycles. The quantitative estimate of drug-likeness (QED) is 0.877. The van der Waals surface area contributed by atoms with E-state index in [1.165, 1.54) is 0 Å². The minimum Gasteiger partial charge on any atom is -0.489 e. The molecule has 0 aliphatic carbocycles. The second-order valence-corrected chi connectivity index (χ2v) is 4.14. The summed E-state index contributed by atoms with van der Waals surface area (Å²) < 4.78 is 5.65. The fourth-order valence-electron chi connectivity index (χ4n) is 1.67. The molecular weight excluding hydrogens is 226 g/mol. The van der Waals surface area contributed by atoms with Gasteiger partial charge in [0.05, 0.1) is 6.10 Å². The Morgan fingerprint density at radius 3 is 2.39 bits per heavy atom. The molecule has 0 bridgehead atoms. The highest BCUT2D eigenvalue weighted by Gasteiger charge is 2.04. The average Bonchev–Trinajstić information content (AvgIpc) is 2.46. The van der Waals surface area contributed by atoms with Crippen molar-refractivity contribution in [3.8, 4) is 5.75 Å². The van der Waals surface area contributed by atoms with Gasteiger partial charge in [0.1, 0.15) is 12.4 Å². The fraction of sp³-hybridized carbons (Fsp3) is 0.267. The van der Waals surface area contributed by atoms with Gasteiger partial charge in [-0.1, -0.05) is 19.1 Å². The van der Waals surface area contributed by atoms with E-state index < -0.39 is 0 Å². The van der Waals surface area contributed by atoms with E-state index in [0.717, 1.165) is 23.3 Å². The first-order valence-corrected chi connectivity index (χ1v) is 6.09. The van der Waals surface area contributed by atoms with Crippen molar-refractivity contribution in [2.45, 2.75) is 26.1 Å². The summed E-state index contributed by atoms with van der Waals surface area (Å²) in [5.74, 6) is 0.805. The third-order valence-corrected chi connectivity index (χ3v) is 2.81. The average molecular weight is 243 g/mol. The normalized spacial score (nSPS) is 12.1. The van der Waals surface area contributed by atoms with E-state index in [2.05, 4.69) is 4.98 Å². The first kappa shape index (κ1) is 12.6. The van der Waals surface area contributed by atoms with E-state index in [9.17, 15) is 5.11 Å². The van der Waals surface area contributed by atoms with Crippen LogP contribution in [-0.2, 0) is 6.61 Å². The monoisotopic (exact) mass is 243 g/mol. The van der Waals surface area contributed by atoms with Crippen LogP contribution in [0.5, 0.6) is 5.75 Å². The van der Waals surface area contributed by atoms with Gasteiger partial charge in [-0.15, -0.1) is 0 Å². The van der Waals surface area contributed by atoms with Crippen molar-refractivity contribution in [3.05, 3.63) is 59.9 Å². The van der Waals surface area contributed by atoms with Crippen LogP contribution in [0.4, 0.5) is 0 Å². The van der Waals surface area contributed by atoms with E-state index >= 15 is 0 Å². The molecule has 18 heavy (non-hydrogen) atoms. The number of aliphatic hydroxyl groups is 1. The summed E-state index contributed by atoms with van der Waals surface area (Å²) in [4.78, 5) is 3.96. The zero-order chi connectivity index (χ0) is 12.8. The van der Waals surface area contributed by atoms with E-state index in [0.29, 0.717) is 6.61 Å². The number of hydrogen-bond donors (Lipinski definition) is 1. The molecule has 2 rings (SSSR count). The van der Waals surface area contributed by atoms with Gasteiger partial charge in [0.25, 0.3) is 0 Å². The summed E-state index contributed by atoms with van der Waals surface area (Å²) in [7, 11) is 0. The topological polar surface area (TPSA) is 42.4 Å². The summed E-state index contributed by atoms with van der Waals surface area (Å²) in [5, 5.41) is 9.68. The Labute approximate surface area is 107 Å². The van der Waals surface area contributed by atoms with Crippen LogP contribution in [0, 0.1) is 0 Å². The Morgan fingerprint density at radius 2 is 1.78 bits per heavy atom. The predicted molar refractivity (Wildman–Crippen MR) is 70.3 cm³/mol. The lowest BCUT2D eigenvalue weighted by atomic mass is 10.1. The highest BCUT2D eigenvalue weighted by atomic mass is 16.5. The molecule has 0 fully saturated rings. The first-order chi connectivity index (χ1) is 8.79. The van der Waals surface area contributed by atoms with Gasteiger partial charge >= 0.3 is 0 Å². The standard InChI is InChI=1S/C15H17NO2/c1-2-15(17)13-3-5-14(6-4-13)18-11-12-7-9-16-10-8-12/h3-10,15,17H,2,11H2,1H3/t15-/m0/s1. The zero-order valence-electron chi connectivity index (χ0n) is 10.4. The molecule has 3 nitrogen and oxygen atoms in total. The summed E-state index contributed by atoms with van der Waals surface area (Å²) >= 11 is 0. The fourth-order valence-corrected chi connectivity index (χ4v) is 1.67. The van der Waals surface area contributed by atoms with Gasteiger partial charge < -0.3 is 9.84 Å². The van der Waals surface area contributed by atoms with E-state index in [-0.39, 0.29) is 6.10 Å². The number of benzene rings is 1. The molecular formula is C15H17NO2. The van der Waals surface area contributed by atoms with Crippen molar-refractivity contribution < 1.29 is 9.84 Å². The Hall–Kier alpha value is -1.87. The smallest absolute Gasteiger partial charge is 0.119 e. The Bertz CT molecular complexity index is 468. The van der Waals surface area contributed by atoms with Gasteiger partial charge in [-0.25, -0.2) is 0 Å². The Balaban J connectivity index is 1.94. The third-order valence-electron chi connectivity index (χ3n) is 2.81. The van der Waals surface area contributed by atoms with Gasteiger partial charge in [0.2, 0.25) is 0 Å². The largest absolute Gasteiger partial charge is 0.489 e. The molecule has 1 aromatic heterocycles. The predicted octanol–water partition coefficient (Wildman–Crippen LogP) is 3.10. The number of rotatable bonds is 5. The minimum absolute atomic E-state index is 0.390. The van der Waals surface area contributed by atoms with Crippen LogP contribution in [-0.4, -0.2) is 10.1 Å². The van der Waals surface area contributed by atoms with Crippen LogP contribution in [0.1, 0.15) is 30.6 Å². The lowest BCUT2D eigenvalue weighted by molar-refractivity contribution is 0.173.